The van der Waals surface area contributed by atoms with Gasteiger partial charge in [0.05, 0.1) is 0 Å². The second kappa shape index (κ2) is 3.88. The molecule has 1 fully saturated rings. The zero-order valence-corrected chi connectivity index (χ0v) is 10.3. The summed E-state index contributed by atoms with van der Waals surface area (Å²) in [5.41, 5.74) is -6.08. The Kier molecular flexibility index (Phi) is 2.95. The van der Waals surface area contributed by atoms with Crippen molar-refractivity contribution in [2.45, 2.75) is 36.2 Å². The van der Waals surface area contributed by atoms with Crippen molar-refractivity contribution in [2.24, 2.45) is 0 Å². The minimum Gasteiger partial charge on any atom is -0.374 e. The molecule has 0 saturated heterocycles. The van der Waals surface area contributed by atoms with Crippen LogP contribution in [-0.4, -0.2) is 28.8 Å². The number of aryl methyl sites for hydroxylation is 1. The van der Waals surface area contributed by atoms with Crippen LogP contribution in [0.4, 0.5) is 35.1 Å². The van der Waals surface area contributed by atoms with Crippen LogP contribution in [0.1, 0.15) is 11.1 Å². The molecule has 1 nitrogen and oxygen atoms in total. The first kappa shape index (κ1) is 16.0. The lowest BCUT2D eigenvalue weighted by Crippen LogP contribution is -2.55. The Balaban J connectivity index is 2.80. The summed E-state index contributed by atoms with van der Waals surface area (Å²) in [5.74, 6) is -25.0. The van der Waals surface area contributed by atoms with E-state index in [4.69, 9.17) is 0 Å². The normalized spacial score (nSPS) is 27.5. The zero-order valence-electron chi connectivity index (χ0n) is 10.3. The third-order valence-electron chi connectivity index (χ3n) is 3.56. The number of hydrogen-bond donors (Lipinski definition) is 1. The highest BCUT2D eigenvalue weighted by atomic mass is 19.4. The maximum absolute atomic E-state index is 13.6. The summed E-state index contributed by atoms with van der Waals surface area (Å²) in [6, 6.07) is 2.87. The summed E-state index contributed by atoms with van der Waals surface area (Å²) in [7, 11) is 0. The summed E-state index contributed by atoms with van der Waals surface area (Å²) in [6.07, 6.45) is 0. The molecule has 1 aliphatic carbocycles. The molecular formula is C12H8F8O. The molecule has 0 heterocycles. The lowest BCUT2D eigenvalue weighted by atomic mass is 9.86. The van der Waals surface area contributed by atoms with Gasteiger partial charge in [-0.05, 0) is 12.5 Å². The van der Waals surface area contributed by atoms with Crippen LogP contribution in [0.5, 0.6) is 0 Å². The number of alkyl halides is 8. The average Bonchev–Trinajstić information content (AvgIpc) is 2.41. The van der Waals surface area contributed by atoms with Gasteiger partial charge in [0, 0.05) is 0 Å². The van der Waals surface area contributed by atoms with Crippen molar-refractivity contribution in [2.75, 3.05) is 0 Å². The summed E-state index contributed by atoms with van der Waals surface area (Å²) in [6.45, 7) is 1.42. The molecule has 0 spiro atoms. The average molecular weight is 320 g/mol. The smallest absolute Gasteiger partial charge is 0.374 e. The number of benzene rings is 1. The monoisotopic (exact) mass is 320 g/mol. The Labute approximate surface area is 113 Å². The van der Waals surface area contributed by atoms with Crippen molar-refractivity contribution < 1.29 is 40.2 Å². The van der Waals surface area contributed by atoms with E-state index in [-0.39, 0.29) is 0 Å². The van der Waals surface area contributed by atoms with Crippen LogP contribution in [0, 0.1) is 6.92 Å². The van der Waals surface area contributed by atoms with E-state index in [0.29, 0.717) is 17.7 Å². The molecule has 1 aromatic carbocycles. The van der Waals surface area contributed by atoms with Crippen molar-refractivity contribution in [3.63, 3.8) is 0 Å². The Morgan fingerprint density at radius 1 is 0.667 bits per heavy atom. The number of hydrogen-bond acceptors (Lipinski definition) is 1. The zero-order chi connectivity index (χ0) is 16.5. The van der Waals surface area contributed by atoms with Gasteiger partial charge in [-0.3, -0.25) is 0 Å². The van der Waals surface area contributed by atoms with Crippen LogP contribution in [-0.2, 0) is 5.60 Å². The predicted molar refractivity (Wildman–Crippen MR) is 54.9 cm³/mol. The van der Waals surface area contributed by atoms with E-state index in [1.807, 2.05) is 0 Å². The summed E-state index contributed by atoms with van der Waals surface area (Å²) >= 11 is 0. The molecule has 0 aliphatic heterocycles. The maximum atomic E-state index is 13.6. The van der Waals surface area contributed by atoms with E-state index in [0.717, 1.165) is 12.1 Å². The minimum atomic E-state index is -6.41. The number of aliphatic hydroxyl groups is 1. The van der Waals surface area contributed by atoms with E-state index in [1.54, 1.807) is 0 Å². The van der Waals surface area contributed by atoms with Gasteiger partial charge in [0.1, 0.15) is 0 Å². The van der Waals surface area contributed by atoms with Gasteiger partial charge in [0.15, 0.2) is 0 Å². The first-order chi connectivity index (χ1) is 9.25. The molecule has 9 heteroatoms. The fraction of sp³-hybridized carbons (Fsp3) is 0.500. The second-order valence-electron chi connectivity index (χ2n) is 4.87. The van der Waals surface area contributed by atoms with E-state index in [1.165, 1.54) is 6.92 Å². The molecule has 118 valence electrons. The Bertz CT molecular complexity index is 537. The standard InChI is InChI=1S/C12H8F8O/c1-6-2-4-7(5-3-6)8(21)9(13,14)11(17,18)12(19,20)10(8,15)16/h2-5,21H,1H3. The van der Waals surface area contributed by atoms with Crippen molar-refractivity contribution in [1.82, 2.24) is 0 Å². The highest BCUT2D eigenvalue weighted by Crippen LogP contribution is 2.70. The summed E-state index contributed by atoms with van der Waals surface area (Å²) < 4.78 is 107. The van der Waals surface area contributed by atoms with Gasteiger partial charge in [-0.1, -0.05) is 29.8 Å². The van der Waals surface area contributed by atoms with Gasteiger partial charge in [0.2, 0.25) is 5.60 Å². The molecule has 0 bridgehead atoms. The Hall–Kier alpha value is -1.38. The topological polar surface area (TPSA) is 20.2 Å². The lowest BCUT2D eigenvalue weighted by molar-refractivity contribution is -0.303. The van der Waals surface area contributed by atoms with Gasteiger partial charge in [0.25, 0.3) is 0 Å². The number of rotatable bonds is 1. The van der Waals surface area contributed by atoms with Crippen LogP contribution >= 0.6 is 0 Å². The lowest BCUT2D eigenvalue weighted by Gasteiger charge is -2.33. The summed E-state index contributed by atoms with van der Waals surface area (Å²) in [5, 5.41) is 9.52. The van der Waals surface area contributed by atoms with Gasteiger partial charge in [-0.2, -0.15) is 35.1 Å². The largest absolute Gasteiger partial charge is 0.381 e. The van der Waals surface area contributed by atoms with Crippen molar-refractivity contribution >= 4 is 0 Å². The van der Waals surface area contributed by atoms with Crippen LogP contribution in [0.15, 0.2) is 24.3 Å². The Morgan fingerprint density at radius 2 is 1.00 bits per heavy atom. The molecular weight excluding hydrogens is 312 g/mol. The van der Waals surface area contributed by atoms with Crippen molar-refractivity contribution in [3.05, 3.63) is 35.4 Å². The number of halogens is 8. The van der Waals surface area contributed by atoms with Gasteiger partial charge in [-0.15, -0.1) is 0 Å². The fourth-order valence-electron chi connectivity index (χ4n) is 2.20. The van der Waals surface area contributed by atoms with Gasteiger partial charge >= 0.3 is 23.7 Å². The minimum absolute atomic E-state index is 0.366. The molecule has 21 heavy (non-hydrogen) atoms. The highest BCUT2D eigenvalue weighted by molar-refractivity contribution is 5.38. The molecule has 2 rings (SSSR count). The third kappa shape index (κ3) is 1.45. The highest BCUT2D eigenvalue weighted by Gasteiger charge is 2.99. The second-order valence-corrected chi connectivity index (χ2v) is 4.87. The maximum Gasteiger partial charge on any atom is 0.381 e. The molecule has 0 unspecified atom stereocenters. The first-order valence-corrected chi connectivity index (χ1v) is 5.56. The molecule has 1 aliphatic rings. The van der Waals surface area contributed by atoms with Crippen LogP contribution < -0.4 is 0 Å². The van der Waals surface area contributed by atoms with Gasteiger partial charge < -0.3 is 5.11 Å². The summed E-state index contributed by atoms with van der Waals surface area (Å²) in [4.78, 5) is 0. The van der Waals surface area contributed by atoms with E-state index in [9.17, 15) is 40.2 Å². The van der Waals surface area contributed by atoms with Crippen molar-refractivity contribution in [3.8, 4) is 0 Å². The van der Waals surface area contributed by atoms with Crippen LogP contribution in [0.2, 0.25) is 0 Å². The molecule has 0 aromatic heterocycles. The van der Waals surface area contributed by atoms with Crippen LogP contribution in [0.25, 0.3) is 0 Å². The predicted octanol–water partition coefficient (Wildman–Crippen LogP) is 3.74. The van der Waals surface area contributed by atoms with E-state index >= 15 is 0 Å². The molecule has 1 aromatic rings. The van der Waals surface area contributed by atoms with Crippen LogP contribution in [0.3, 0.4) is 0 Å². The molecule has 0 atom stereocenters. The van der Waals surface area contributed by atoms with Gasteiger partial charge in [-0.25, -0.2) is 0 Å². The fourth-order valence-corrected chi connectivity index (χ4v) is 2.20. The Morgan fingerprint density at radius 3 is 1.33 bits per heavy atom. The van der Waals surface area contributed by atoms with E-state index < -0.39 is 34.9 Å². The third-order valence-corrected chi connectivity index (χ3v) is 3.56. The quantitative estimate of drug-likeness (QED) is 0.782. The molecule has 0 radical (unpaired) electrons. The SMILES string of the molecule is Cc1ccc(C2(O)C(F)(F)C(F)(F)C(F)(F)C2(F)F)cc1. The first-order valence-electron chi connectivity index (χ1n) is 5.56. The molecule has 1 N–H and O–H groups in total. The van der Waals surface area contributed by atoms with Crippen molar-refractivity contribution in [1.29, 1.82) is 0 Å². The molecule has 1 saturated carbocycles. The van der Waals surface area contributed by atoms with E-state index in [2.05, 4.69) is 0 Å². The molecule has 0 amide bonds.